The maximum Gasteiger partial charge on any atom is 0.144 e. The topological polar surface area (TPSA) is 46.5 Å². The van der Waals surface area contributed by atoms with Crippen LogP contribution in [0.15, 0.2) is 79.4 Å². The molecular formula is C20H18N4S. The van der Waals surface area contributed by atoms with Gasteiger partial charge < -0.3 is 9.55 Å². The Morgan fingerprint density at radius 3 is 2.20 bits per heavy atom. The van der Waals surface area contributed by atoms with Crippen molar-refractivity contribution in [2.75, 3.05) is 0 Å². The second-order valence-corrected chi connectivity index (χ2v) is 6.90. The standard InChI is InChI=1S/C20H18N4S/c1-20(25,24-13-12-21-14-24)19-22-17(15-8-4-2-5-9-15)18(23-19)16-10-6-3-7-11-16/h2-14,25H,1H3,(H,22,23). The van der Waals surface area contributed by atoms with Crippen LogP contribution in [0.2, 0.25) is 0 Å². The molecule has 0 saturated carbocycles. The molecule has 0 fully saturated rings. The third-order valence-corrected chi connectivity index (χ3v) is 4.71. The highest BCUT2D eigenvalue weighted by Crippen LogP contribution is 2.35. The van der Waals surface area contributed by atoms with E-state index in [0.717, 1.165) is 28.3 Å². The summed E-state index contributed by atoms with van der Waals surface area (Å²) < 4.78 is 1.93. The number of hydrogen-bond donors (Lipinski definition) is 2. The molecule has 1 atom stereocenters. The Bertz CT molecular complexity index is 901. The molecule has 0 amide bonds. The Morgan fingerprint density at radius 2 is 1.60 bits per heavy atom. The molecule has 0 saturated heterocycles. The van der Waals surface area contributed by atoms with Crippen LogP contribution in [-0.4, -0.2) is 19.5 Å². The Hall–Kier alpha value is -2.79. The van der Waals surface area contributed by atoms with E-state index in [0.29, 0.717) is 0 Å². The summed E-state index contributed by atoms with van der Waals surface area (Å²) in [5, 5.41) is 0. The number of rotatable bonds is 4. The summed E-state index contributed by atoms with van der Waals surface area (Å²) in [5.74, 6) is 0.770. The van der Waals surface area contributed by atoms with Gasteiger partial charge in [0.15, 0.2) is 0 Å². The zero-order valence-electron chi connectivity index (χ0n) is 13.8. The summed E-state index contributed by atoms with van der Waals surface area (Å²) in [6.07, 6.45) is 5.38. The highest BCUT2D eigenvalue weighted by atomic mass is 32.1. The molecular weight excluding hydrogens is 328 g/mol. The molecule has 124 valence electrons. The smallest absolute Gasteiger partial charge is 0.144 e. The summed E-state index contributed by atoms with van der Waals surface area (Å²) in [4.78, 5) is 11.9. The van der Waals surface area contributed by atoms with E-state index in [1.54, 1.807) is 12.5 Å². The molecule has 0 bridgehead atoms. The maximum absolute atomic E-state index is 4.90. The molecule has 4 rings (SSSR count). The van der Waals surface area contributed by atoms with E-state index in [1.807, 2.05) is 54.1 Å². The summed E-state index contributed by atoms with van der Waals surface area (Å²) in [5.41, 5.74) is 4.07. The largest absolute Gasteiger partial charge is 0.339 e. The van der Waals surface area contributed by atoms with Crippen molar-refractivity contribution in [3.05, 3.63) is 85.2 Å². The highest BCUT2D eigenvalue weighted by molar-refractivity contribution is 7.81. The van der Waals surface area contributed by atoms with E-state index in [2.05, 4.69) is 34.2 Å². The quantitative estimate of drug-likeness (QED) is 0.531. The predicted molar refractivity (Wildman–Crippen MR) is 103 cm³/mol. The fourth-order valence-corrected chi connectivity index (χ4v) is 3.08. The van der Waals surface area contributed by atoms with Gasteiger partial charge in [-0.1, -0.05) is 60.7 Å². The van der Waals surface area contributed by atoms with E-state index in [4.69, 9.17) is 17.6 Å². The second-order valence-electron chi connectivity index (χ2n) is 6.03. The van der Waals surface area contributed by atoms with Crippen LogP contribution in [0, 0.1) is 0 Å². The third-order valence-electron chi connectivity index (χ3n) is 4.27. The van der Waals surface area contributed by atoms with Crippen molar-refractivity contribution < 1.29 is 0 Å². The first-order chi connectivity index (χ1) is 12.2. The molecule has 1 N–H and O–H groups in total. The molecule has 2 heterocycles. The summed E-state index contributed by atoms with van der Waals surface area (Å²) in [6, 6.07) is 20.4. The predicted octanol–water partition coefficient (Wildman–Crippen LogP) is 4.59. The van der Waals surface area contributed by atoms with Gasteiger partial charge in [0.25, 0.3) is 0 Å². The van der Waals surface area contributed by atoms with Crippen molar-refractivity contribution >= 4 is 12.6 Å². The maximum atomic E-state index is 4.90. The van der Waals surface area contributed by atoms with Crippen molar-refractivity contribution in [3.8, 4) is 22.5 Å². The average molecular weight is 346 g/mol. The lowest BCUT2D eigenvalue weighted by Gasteiger charge is -2.22. The normalized spacial score (nSPS) is 13.5. The number of aromatic amines is 1. The minimum Gasteiger partial charge on any atom is -0.339 e. The van der Waals surface area contributed by atoms with E-state index < -0.39 is 4.87 Å². The number of nitrogens with one attached hydrogen (secondary N) is 1. The Labute approximate surface area is 152 Å². The van der Waals surface area contributed by atoms with Gasteiger partial charge in [-0.15, -0.1) is 12.6 Å². The van der Waals surface area contributed by atoms with Gasteiger partial charge in [0, 0.05) is 23.5 Å². The van der Waals surface area contributed by atoms with Gasteiger partial charge in [0.2, 0.25) is 0 Å². The van der Waals surface area contributed by atoms with Gasteiger partial charge >= 0.3 is 0 Å². The first-order valence-corrected chi connectivity index (χ1v) is 8.53. The van der Waals surface area contributed by atoms with Gasteiger partial charge in [-0.3, -0.25) is 0 Å². The number of benzene rings is 2. The Morgan fingerprint density at radius 1 is 0.960 bits per heavy atom. The fraction of sp³-hybridized carbons (Fsp3) is 0.100. The number of H-pyrrole nitrogens is 1. The zero-order chi connectivity index (χ0) is 17.3. The molecule has 4 nitrogen and oxygen atoms in total. The van der Waals surface area contributed by atoms with Crippen LogP contribution in [0.3, 0.4) is 0 Å². The molecule has 2 aromatic heterocycles. The van der Waals surface area contributed by atoms with Crippen LogP contribution >= 0.6 is 12.6 Å². The van der Waals surface area contributed by atoms with E-state index in [-0.39, 0.29) is 0 Å². The lowest BCUT2D eigenvalue weighted by Crippen LogP contribution is -2.25. The number of thiol groups is 1. The number of nitrogens with zero attached hydrogens (tertiary/aromatic N) is 3. The van der Waals surface area contributed by atoms with Crippen molar-refractivity contribution in [3.63, 3.8) is 0 Å². The summed E-state index contributed by atoms with van der Waals surface area (Å²) in [7, 11) is 0. The molecule has 0 radical (unpaired) electrons. The average Bonchev–Trinajstić information content (AvgIpc) is 3.34. The van der Waals surface area contributed by atoms with Crippen LogP contribution in [-0.2, 0) is 4.87 Å². The molecule has 0 aliphatic heterocycles. The SMILES string of the molecule is CC(S)(c1nc(-c2ccccc2)c(-c2ccccc2)[nH]1)n1ccnc1. The van der Waals surface area contributed by atoms with Crippen LogP contribution in [0.5, 0.6) is 0 Å². The first kappa shape index (κ1) is 15.7. The van der Waals surface area contributed by atoms with E-state index >= 15 is 0 Å². The van der Waals surface area contributed by atoms with Crippen LogP contribution in [0.1, 0.15) is 12.7 Å². The molecule has 25 heavy (non-hydrogen) atoms. The Balaban J connectivity index is 1.90. The fourth-order valence-electron chi connectivity index (χ4n) is 2.86. The van der Waals surface area contributed by atoms with Crippen LogP contribution < -0.4 is 0 Å². The van der Waals surface area contributed by atoms with Gasteiger partial charge in [-0.2, -0.15) is 0 Å². The van der Waals surface area contributed by atoms with Crippen molar-refractivity contribution in [2.45, 2.75) is 11.8 Å². The summed E-state index contributed by atoms with van der Waals surface area (Å²) in [6.45, 7) is 2.00. The van der Waals surface area contributed by atoms with E-state index in [1.165, 1.54) is 0 Å². The second kappa shape index (κ2) is 6.26. The van der Waals surface area contributed by atoms with Crippen LogP contribution in [0.25, 0.3) is 22.5 Å². The van der Waals surface area contributed by atoms with Gasteiger partial charge in [0.1, 0.15) is 10.7 Å². The van der Waals surface area contributed by atoms with Crippen LogP contribution in [0.4, 0.5) is 0 Å². The molecule has 0 aliphatic carbocycles. The lowest BCUT2D eigenvalue weighted by molar-refractivity contribution is 0.552. The number of hydrogen-bond acceptors (Lipinski definition) is 3. The van der Waals surface area contributed by atoms with Gasteiger partial charge in [0.05, 0.1) is 17.7 Å². The monoisotopic (exact) mass is 346 g/mol. The van der Waals surface area contributed by atoms with E-state index in [9.17, 15) is 0 Å². The molecule has 5 heteroatoms. The molecule has 0 aliphatic rings. The minimum atomic E-state index is -0.632. The zero-order valence-corrected chi connectivity index (χ0v) is 14.7. The molecule has 0 spiro atoms. The summed E-state index contributed by atoms with van der Waals surface area (Å²) >= 11 is 4.85. The van der Waals surface area contributed by atoms with Crippen molar-refractivity contribution in [1.82, 2.24) is 19.5 Å². The van der Waals surface area contributed by atoms with Crippen molar-refractivity contribution in [2.24, 2.45) is 0 Å². The molecule has 1 unspecified atom stereocenters. The number of imidazole rings is 2. The Kier molecular flexibility index (Phi) is 3.93. The lowest BCUT2D eigenvalue weighted by atomic mass is 10.1. The third kappa shape index (κ3) is 2.87. The van der Waals surface area contributed by atoms with Gasteiger partial charge in [-0.25, -0.2) is 9.97 Å². The highest BCUT2D eigenvalue weighted by Gasteiger charge is 2.29. The van der Waals surface area contributed by atoms with Gasteiger partial charge in [-0.05, 0) is 6.92 Å². The first-order valence-electron chi connectivity index (χ1n) is 8.08. The minimum absolute atomic E-state index is 0.632. The molecule has 2 aromatic carbocycles. The van der Waals surface area contributed by atoms with Crippen molar-refractivity contribution in [1.29, 1.82) is 0 Å². The number of aromatic nitrogens is 4. The molecule has 4 aromatic rings.